The predicted molar refractivity (Wildman–Crippen MR) is 184 cm³/mol. The zero-order valence-electron chi connectivity index (χ0n) is 28.0. The molecule has 2 aromatic rings. The number of ketones is 1. The van der Waals surface area contributed by atoms with Crippen LogP contribution in [0.4, 0.5) is 11.4 Å². The van der Waals surface area contributed by atoms with E-state index in [1.807, 2.05) is 44.7 Å². The van der Waals surface area contributed by atoms with Gasteiger partial charge in [0, 0.05) is 108 Å². The van der Waals surface area contributed by atoms with Crippen molar-refractivity contribution in [2.45, 2.75) is 51.0 Å². The van der Waals surface area contributed by atoms with Crippen LogP contribution in [0.1, 0.15) is 35.1 Å². The summed E-state index contributed by atoms with van der Waals surface area (Å²) < 4.78 is 45.0. The van der Waals surface area contributed by atoms with Crippen LogP contribution in [0.5, 0.6) is 0 Å². The largest absolute Gasteiger partial charge is 0.565 e. The summed E-state index contributed by atoms with van der Waals surface area (Å²) >= 11 is 0. The monoisotopic (exact) mass is 838 g/mol. The molecule has 0 bridgehead atoms. The summed E-state index contributed by atoms with van der Waals surface area (Å²) in [7, 11) is -6.25. The number of nitrogens with two attached hydrogens (primary N) is 1. The van der Waals surface area contributed by atoms with Crippen molar-refractivity contribution >= 4 is 36.8 Å². The number of benzene rings is 2. The first kappa shape index (κ1) is 57.9. The Hall–Kier alpha value is -0.342. The number of Topliss-reactive ketones (excluding diaryl/α,β-unsaturated/α-hetero) is 1. The van der Waals surface area contributed by atoms with Gasteiger partial charge in [-0.05, 0) is 48.5 Å². The molecule has 2 fully saturated rings. The molecule has 4 rings (SSSR count). The SMILES string of the molecule is C.CC.CC.CS(=O)(=O)c1ccc(N2CC(=O)C2)cc1.CS(=O)(=O)c1ccc(N2CC(NC[CH-]O)C2)cc1.NC[CH-]O.[CH3-].[CH3-].[Y].[Y]. The first-order valence-corrected chi connectivity index (χ1v) is 17.1. The van der Waals surface area contributed by atoms with Crippen LogP contribution in [-0.4, -0.2) is 90.7 Å². The molecule has 0 atom stereocenters. The molecule has 2 aliphatic heterocycles. The summed E-state index contributed by atoms with van der Waals surface area (Å²) in [5.41, 5.74) is 6.63. The van der Waals surface area contributed by atoms with Crippen LogP contribution in [-0.2, 0) is 89.9 Å². The van der Waals surface area contributed by atoms with Crippen molar-refractivity contribution in [1.29, 1.82) is 0 Å². The van der Waals surface area contributed by atoms with Crippen LogP contribution >= 0.6 is 0 Å². The normalized spacial score (nSPS) is 12.8. The Labute approximate surface area is 331 Å². The topological polar surface area (TPSA) is 170 Å². The molecule has 0 unspecified atom stereocenters. The number of aliphatic hydroxyl groups is 2. The maximum atomic E-state index is 11.3. The molecule has 5 N–H and O–H groups in total. The quantitative estimate of drug-likeness (QED) is 0.284. The van der Waals surface area contributed by atoms with Crippen LogP contribution in [0.3, 0.4) is 0 Å². The molecule has 2 aliphatic rings. The number of rotatable bonds is 8. The number of sulfone groups is 2. The summed E-state index contributed by atoms with van der Waals surface area (Å²) in [4.78, 5) is 15.5. The van der Waals surface area contributed by atoms with Gasteiger partial charge in [-0.15, -0.1) is 13.1 Å². The maximum absolute atomic E-state index is 11.3. The van der Waals surface area contributed by atoms with Gasteiger partial charge in [0.25, 0.3) is 0 Å². The van der Waals surface area contributed by atoms with Gasteiger partial charge in [0.05, 0.1) is 22.9 Å². The van der Waals surface area contributed by atoms with E-state index in [0.29, 0.717) is 35.5 Å². The third-order valence-corrected chi connectivity index (χ3v) is 7.74. The van der Waals surface area contributed by atoms with Gasteiger partial charge < -0.3 is 45.9 Å². The molecule has 2 saturated heterocycles. The Kier molecular flexibility index (Phi) is 38.6. The molecule has 2 aromatic carbocycles. The summed E-state index contributed by atoms with van der Waals surface area (Å²) in [6.07, 6.45) is 2.38. The van der Waals surface area contributed by atoms with Crippen LogP contribution < -0.4 is 20.9 Å². The van der Waals surface area contributed by atoms with Gasteiger partial charge in [-0.2, -0.15) is 0 Å². The Morgan fingerprint density at radius 3 is 1.35 bits per heavy atom. The Morgan fingerprint density at radius 1 is 0.761 bits per heavy atom. The number of nitrogens with zero attached hydrogens (tertiary/aromatic N) is 2. The molecule has 2 heterocycles. The maximum Gasteiger partial charge on any atom is 0.175 e. The fraction of sp³-hybridized carbons (Fsp3) is 0.452. The van der Waals surface area contributed by atoms with E-state index in [1.54, 1.807) is 36.4 Å². The molecule has 0 aromatic heterocycles. The first-order valence-electron chi connectivity index (χ1n) is 13.4. The molecule has 46 heavy (non-hydrogen) atoms. The van der Waals surface area contributed by atoms with Gasteiger partial charge in [0.2, 0.25) is 0 Å². The van der Waals surface area contributed by atoms with Gasteiger partial charge in [-0.3, -0.25) is 4.79 Å². The van der Waals surface area contributed by atoms with E-state index < -0.39 is 19.7 Å². The molecule has 0 spiro atoms. The Bertz CT molecular complexity index is 1220. The average Bonchev–Trinajstić information content (AvgIpc) is 2.92. The molecule has 15 heteroatoms. The first-order chi connectivity index (χ1) is 19.4. The van der Waals surface area contributed by atoms with E-state index in [1.165, 1.54) is 12.5 Å². The standard InChI is InChI=1S/C12H17N2O3S.C10H11NO3S.C2H6NO.2C2H6.CH4.2CH3.2Y/c1-18(16,17)12-4-2-11(3-5-12)14-8-10(9-14)13-6-7-15;1-15(13,14)10-4-2-8(3-5-10)11-6-9(12)7-11;3-1-2-4;2*1-2;;;;;/h2-5,7,10,13,15H,6,8-9H2,1H3;2-5H,6-7H2,1H3;2,4H,1,3H2;2*1-2H3;1H4;2*1H3;;/q-1;;-1;;;;2*-1;;. The van der Waals surface area contributed by atoms with Gasteiger partial charge in [0.1, 0.15) is 0 Å². The van der Waals surface area contributed by atoms with E-state index in [9.17, 15) is 21.6 Å². The number of carbonyl (C=O) groups excluding carboxylic acids is 1. The molecular weight excluding hydrogens is 782 g/mol. The van der Waals surface area contributed by atoms with E-state index in [2.05, 4.69) is 10.2 Å². The number of hydrogen-bond donors (Lipinski definition) is 4. The average molecular weight is 839 g/mol. The second-order valence-corrected chi connectivity index (χ2v) is 12.6. The number of anilines is 2. The van der Waals surface area contributed by atoms with Crippen LogP contribution in [0.15, 0.2) is 58.3 Å². The summed E-state index contributed by atoms with van der Waals surface area (Å²) in [5, 5.41) is 19.4. The van der Waals surface area contributed by atoms with E-state index in [-0.39, 0.29) is 100 Å². The zero-order chi connectivity index (χ0) is 31.6. The minimum absolute atomic E-state index is 0. The Morgan fingerprint density at radius 2 is 1.09 bits per heavy atom. The third-order valence-electron chi connectivity index (χ3n) is 5.48. The minimum Gasteiger partial charge on any atom is -0.565 e. The van der Waals surface area contributed by atoms with Crippen LogP contribution in [0.2, 0.25) is 0 Å². The second-order valence-electron chi connectivity index (χ2n) is 8.54. The van der Waals surface area contributed by atoms with Crippen molar-refractivity contribution in [3.8, 4) is 0 Å². The number of nitrogens with one attached hydrogen (secondary N) is 1. The zero-order valence-corrected chi connectivity index (χ0v) is 35.3. The molecule has 11 nitrogen and oxygen atoms in total. The molecule has 0 amide bonds. The number of carbonyl (C=O) groups is 1. The van der Waals surface area contributed by atoms with E-state index in [0.717, 1.165) is 37.7 Å². The van der Waals surface area contributed by atoms with Gasteiger partial charge in [-0.25, -0.2) is 30.0 Å². The third kappa shape index (κ3) is 21.6. The minimum atomic E-state index is -3.13. The molecular formula is C31H56N4O7S2Y2-4. The van der Waals surface area contributed by atoms with Crippen molar-refractivity contribution < 1.29 is 97.3 Å². The van der Waals surface area contributed by atoms with Crippen LogP contribution in [0.25, 0.3) is 0 Å². The predicted octanol–water partition coefficient (Wildman–Crippen LogP) is 3.95. The second kappa shape index (κ2) is 30.7. The fourth-order valence-corrected chi connectivity index (χ4v) is 4.67. The smallest absolute Gasteiger partial charge is 0.175 e. The van der Waals surface area contributed by atoms with Crippen molar-refractivity contribution in [3.63, 3.8) is 0 Å². The summed E-state index contributed by atoms with van der Waals surface area (Å²) in [6, 6.07) is 13.9. The number of aliphatic hydroxyl groups excluding tert-OH is 2. The van der Waals surface area contributed by atoms with E-state index in [4.69, 9.17) is 15.9 Å². The van der Waals surface area contributed by atoms with Crippen molar-refractivity contribution in [2.75, 3.05) is 61.6 Å². The summed E-state index contributed by atoms with van der Waals surface area (Å²) in [5.74, 6) is 0.210. The molecule has 264 valence electrons. The number of hydrogen-bond acceptors (Lipinski definition) is 11. The van der Waals surface area contributed by atoms with Gasteiger partial charge in [-0.1, -0.05) is 35.1 Å². The van der Waals surface area contributed by atoms with Crippen molar-refractivity contribution in [3.05, 3.63) is 76.6 Å². The van der Waals surface area contributed by atoms with Gasteiger partial charge >= 0.3 is 0 Å². The summed E-state index contributed by atoms with van der Waals surface area (Å²) in [6.45, 7) is 13.3. The van der Waals surface area contributed by atoms with Crippen molar-refractivity contribution in [1.82, 2.24) is 5.32 Å². The Balaban J connectivity index is -0.000000131. The molecule has 2 radical (unpaired) electrons. The van der Waals surface area contributed by atoms with E-state index >= 15 is 0 Å². The fourth-order valence-electron chi connectivity index (χ4n) is 3.41. The van der Waals surface area contributed by atoms with Crippen LogP contribution in [0, 0.1) is 28.1 Å². The van der Waals surface area contributed by atoms with Crippen molar-refractivity contribution in [2.24, 2.45) is 5.73 Å². The molecule has 0 aliphatic carbocycles. The van der Waals surface area contributed by atoms with Gasteiger partial charge in [0.15, 0.2) is 25.5 Å². The molecule has 0 saturated carbocycles.